The molecule has 0 saturated heterocycles. The van der Waals surface area contributed by atoms with E-state index in [0.717, 1.165) is 36.3 Å². The van der Waals surface area contributed by atoms with Gasteiger partial charge in [0.25, 0.3) is 0 Å². The molecule has 1 fully saturated rings. The van der Waals surface area contributed by atoms with Crippen LogP contribution in [-0.2, 0) is 11.3 Å². The van der Waals surface area contributed by atoms with Gasteiger partial charge in [0.1, 0.15) is 18.2 Å². The third-order valence-corrected chi connectivity index (χ3v) is 3.65. The molecule has 1 aliphatic carbocycles. The van der Waals surface area contributed by atoms with Gasteiger partial charge in [-0.2, -0.15) is 0 Å². The van der Waals surface area contributed by atoms with Gasteiger partial charge in [-0.15, -0.1) is 0 Å². The fourth-order valence-electron chi connectivity index (χ4n) is 2.66. The summed E-state index contributed by atoms with van der Waals surface area (Å²) in [6.07, 6.45) is 4.82. The lowest BCUT2D eigenvalue weighted by Gasteiger charge is -2.15. The number of nitrogens with one attached hydrogen (secondary N) is 2. The number of hydrogen-bond acceptors (Lipinski definition) is 5. The Morgan fingerprint density at radius 1 is 1.30 bits per heavy atom. The summed E-state index contributed by atoms with van der Waals surface area (Å²) in [5.41, 5.74) is 0. The Kier molecular flexibility index (Phi) is 5.59. The second kappa shape index (κ2) is 7.43. The Morgan fingerprint density at radius 3 is 2.75 bits per heavy atom. The van der Waals surface area contributed by atoms with Crippen LogP contribution in [0.5, 0.6) is 0 Å². The molecule has 2 N–H and O–H groups in total. The highest BCUT2D eigenvalue weighted by atomic mass is 16.5. The van der Waals surface area contributed by atoms with Gasteiger partial charge >= 0.3 is 0 Å². The molecule has 1 heterocycles. The van der Waals surface area contributed by atoms with E-state index in [2.05, 4.69) is 34.4 Å². The van der Waals surface area contributed by atoms with Crippen molar-refractivity contribution in [2.45, 2.75) is 52.2 Å². The van der Waals surface area contributed by atoms with Crippen molar-refractivity contribution < 1.29 is 4.74 Å². The van der Waals surface area contributed by atoms with Crippen molar-refractivity contribution in [3.8, 4) is 0 Å². The summed E-state index contributed by atoms with van der Waals surface area (Å²) in [5.74, 6) is 3.32. The van der Waals surface area contributed by atoms with E-state index >= 15 is 0 Å². The first-order chi connectivity index (χ1) is 9.71. The smallest absolute Gasteiger partial charge is 0.158 e. The van der Waals surface area contributed by atoms with Crippen molar-refractivity contribution >= 4 is 11.6 Å². The van der Waals surface area contributed by atoms with E-state index < -0.39 is 0 Å². The van der Waals surface area contributed by atoms with Crippen LogP contribution in [0.4, 0.5) is 11.6 Å². The molecule has 0 radical (unpaired) electrons. The highest BCUT2D eigenvalue weighted by molar-refractivity contribution is 5.48. The third-order valence-electron chi connectivity index (χ3n) is 3.65. The fraction of sp³-hybridized carbons (Fsp3) is 0.733. The number of nitrogens with zero attached hydrogens (tertiary/aromatic N) is 2. The molecule has 1 aromatic heterocycles. The summed E-state index contributed by atoms with van der Waals surface area (Å²) in [4.78, 5) is 9.00. The van der Waals surface area contributed by atoms with Gasteiger partial charge in [0.05, 0.1) is 0 Å². The van der Waals surface area contributed by atoms with E-state index in [1.165, 1.54) is 19.3 Å². The zero-order chi connectivity index (χ0) is 14.4. The van der Waals surface area contributed by atoms with Crippen LogP contribution in [-0.4, -0.2) is 29.7 Å². The Balaban J connectivity index is 2.07. The molecule has 2 unspecified atom stereocenters. The number of anilines is 2. The second-order valence-electron chi connectivity index (χ2n) is 5.67. The molecular weight excluding hydrogens is 252 g/mol. The molecule has 1 aromatic rings. The average molecular weight is 278 g/mol. The minimum Gasteiger partial charge on any atom is -0.377 e. The first-order valence-corrected chi connectivity index (χ1v) is 7.58. The highest BCUT2D eigenvalue weighted by Crippen LogP contribution is 2.27. The van der Waals surface area contributed by atoms with Crippen molar-refractivity contribution in [2.75, 3.05) is 24.3 Å². The standard InChI is InChI=1S/C15H26N4O/c1-4-7-16-13-9-14(19-15(18-13)10-20-3)17-12-6-5-11(2)8-12/h9,11-12H,4-8,10H2,1-3H3,(H2,16,17,18,19). The predicted molar refractivity (Wildman–Crippen MR) is 82.0 cm³/mol. The van der Waals surface area contributed by atoms with Crippen LogP contribution in [0.2, 0.25) is 0 Å². The molecule has 1 aliphatic rings. The Morgan fingerprint density at radius 2 is 2.10 bits per heavy atom. The molecule has 2 rings (SSSR count). The van der Waals surface area contributed by atoms with Crippen molar-refractivity contribution in [3.05, 3.63) is 11.9 Å². The maximum absolute atomic E-state index is 5.15. The molecule has 2 atom stereocenters. The number of aromatic nitrogens is 2. The molecule has 0 aromatic carbocycles. The summed E-state index contributed by atoms with van der Waals surface area (Å²) in [6.45, 7) is 5.82. The van der Waals surface area contributed by atoms with E-state index in [1.807, 2.05) is 6.07 Å². The van der Waals surface area contributed by atoms with Crippen LogP contribution >= 0.6 is 0 Å². The zero-order valence-electron chi connectivity index (χ0n) is 12.8. The van der Waals surface area contributed by atoms with Crippen LogP contribution in [0.25, 0.3) is 0 Å². The Bertz CT molecular complexity index is 424. The first kappa shape index (κ1) is 15.0. The first-order valence-electron chi connectivity index (χ1n) is 7.58. The van der Waals surface area contributed by atoms with Crippen molar-refractivity contribution in [2.24, 2.45) is 5.92 Å². The number of methoxy groups -OCH3 is 1. The lowest BCUT2D eigenvalue weighted by atomic mass is 10.1. The van der Waals surface area contributed by atoms with Crippen LogP contribution in [0, 0.1) is 5.92 Å². The van der Waals surface area contributed by atoms with Crippen LogP contribution < -0.4 is 10.6 Å². The van der Waals surface area contributed by atoms with E-state index in [9.17, 15) is 0 Å². The summed E-state index contributed by atoms with van der Waals surface area (Å²) in [5, 5.41) is 6.86. The van der Waals surface area contributed by atoms with Gasteiger partial charge in [0.15, 0.2) is 5.82 Å². The highest BCUT2D eigenvalue weighted by Gasteiger charge is 2.21. The topological polar surface area (TPSA) is 59.1 Å². The van der Waals surface area contributed by atoms with E-state index in [4.69, 9.17) is 4.74 Å². The van der Waals surface area contributed by atoms with Gasteiger partial charge in [-0.25, -0.2) is 9.97 Å². The molecule has 0 bridgehead atoms. The quantitative estimate of drug-likeness (QED) is 0.803. The number of rotatable bonds is 7. The van der Waals surface area contributed by atoms with Crippen molar-refractivity contribution in [3.63, 3.8) is 0 Å². The molecule has 1 saturated carbocycles. The maximum atomic E-state index is 5.15. The van der Waals surface area contributed by atoms with Gasteiger partial charge < -0.3 is 15.4 Å². The van der Waals surface area contributed by atoms with Crippen LogP contribution in [0.3, 0.4) is 0 Å². The second-order valence-corrected chi connectivity index (χ2v) is 5.67. The minimum absolute atomic E-state index is 0.442. The maximum Gasteiger partial charge on any atom is 0.158 e. The SMILES string of the molecule is CCCNc1cc(NC2CCC(C)C2)nc(COC)n1. The van der Waals surface area contributed by atoms with Crippen LogP contribution in [0.1, 0.15) is 45.4 Å². The molecule has 0 spiro atoms. The Hall–Kier alpha value is -1.36. The van der Waals surface area contributed by atoms with Crippen molar-refractivity contribution in [1.29, 1.82) is 0 Å². The minimum atomic E-state index is 0.442. The van der Waals surface area contributed by atoms with Crippen molar-refractivity contribution in [1.82, 2.24) is 9.97 Å². The van der Waals surface area contributed by atoms with Gasteiger partial charge in [-0.1, -0.05) is 13.8 Å². The zero-order valence-corrected chi connectivity index (χ0v) is 12.8. The lowest BCUT2D eigenvalue weighted by molar-refractivity contribution is 0.178. The molecule has 0 aliphatic heterocycles. The van der Waals surface area contributed by atoms with Crippen LogP contribution in [0.15, 0.2) is 6.07 Å². The largest absolute Gasteiger partial charge is 0.377 e. The van der Waals surface area contributed by atoms with Gasteiger partial charge in [0, 0.05) is 25.8 Å². The normalized spacial score (nSPS) is 21.9. The number of hydrogen-bond donors (Lipinski definition) is 2. The lowest BCUT2D eigenvalue weighted by Crippen LogP contribution is -2.17. The van der Waals surface area contributed by atoms with Gasteiger partial charge in [-0.3, -0.25) is 0 Å². The molecule has 112 valence electrons. The fourth-order valence-corrected chi connectivity index (χ4v) is 2.66. The van der Waals surface area contributed by atoms with E-state index in [0.29, 0.717) is 12.6 Å². The monoisotopic (exact) mass is 278 g/mol. The Labute approximate surface area is 121 Å². The summed E-state index contributed by atoms with van der Waals surface area (Å²) >= 11 is 0. The van der Waals surface area contributed by atoms with Gasteiger partial charge in [-0.05, 0) is 31.6 Å². The molecule has 5 heteroatoms. The summed E-state index contributed by atoms with van der Waals surface area (Å²) in [7, 11) is 1.67. The number of ether oxygens (including phenoxy) is 1. The third kappa shape index (κ3) is 4.34. The summed E-state index contributed by atoms with van der Waals surface area (Å²) in [6, 6.07) is 2.53. The molecule has 0 amide bonds. The van der Waals surface area contributed by atoms with E-state index in [1.54, 1.807) is 7.11 Å². The molecule has 5 nitrogen and oxygen atoms in total. The molecular formula is C15H26N4O. The molecule has 20 heavy (non-hydrogen) atoms. The van der Waals surface area contributed by atoms with Gasteiger partial charge in [0.2, 0.25) is 0 Å². The average Bonchev–Trinajstić information content (AvgIpc) is 2.82. The predicted octanol–water partition coefficient (Wildman–Crippen LogP) is 3.05. The van der Waals surface area contributed by atoms with E-state index in [-0.39, 0.29) is 0 Å². The summed E-state index contributed by atoms with van der Waals surface area (Å²) < 4.78 is 5.15.